The van der Waals surface area contributed by atoms with Gasteiger partial charge >= 0.3 is 11.9 Å². The maximum atomic E-state index is 11.8. The third kappa shape index (κ3) is 27.3. The molecule has 0 saturated carbocycles. The van der Waals surface area contributed by atoms with E-state index in [0.717, 1.165) is 32.1 Å². The maximum absolute atomic E-state index is 11.8. The van der Waals surface area contributed by atoms with Crippen LogP contribution in [0.3, 0.4) is 0 Å². The van der Waals surface area contributed by atoms with Crippen molar-refractivity contribution in [3.8, 4) is 0 Å². The number of unbranched alkanes of at least 4 members (excludes halogenated alkanes) is 19. The molecular formula is C30H58O5. The van der Waals surface area contributed by atoms with E-state index in [1.165, 1.54) is 103 Å². The van der Waals surface area contributed by atoms with E-state index in [0.29, 0.717) is 12.8 Å². The number of esters is 2. The van der Waals surface area contributed by atoms with Crippen molar-refractivity contribution in [2.24, 2.45) is 0 Å². The molecule has 0 heterocycles. The van der Waals surface area contributed by atoms with E-state index in [1.54, 1.807) is 0 Å². The molecular weight excluding hydrogens is 440 g/mol. The molecule has 0 aliphatic rings. The third-order valence-electron chi connectivity index (χ3n) is 6.59. The van der Waals surface area contributed by atoms with Crippen LogP contribution in [0.1, 0.15) is 162 Å². The van der Waals surface area contributed by atoms with Crippen molar-refractivity contribution in [1.29, 1.82) is 0 Å². The second kappa shape index (κ2) is 27.5. The smallest absolute Gasteiger partial charge is 0.305 e. The molecule has 5 nitrogen and oxygen atoms in total. The summed E-state index contributed by atoms with van der Waals surface area (Å²) in [6.45, 7) is 4.21. The topological polar surface area (TPSA) is 72.8 Å². The first-order chi connectivity index (χ1) is 17.1. The lowest BCUT2D eigenvalue weighted by atomic mass is 10.0. The van der Waals surface area contributed by atoms with E-state index >= 15 is 0 Å². The Morgan fingerprint density at radius 3 is 1.03 bits per heavy atom. The Labute approximate surface area is 217 Å². The summed E-state index contributed by atoms with van der Waals surface area (Å²) in [6, 6.07) is 0. The molecule has 208 valence electrons. The van der Waals surface area contributed by atoms with Crippen LogP contribution in [0.5, 0.6) is 0 Å². The summed E-state index contributed by atoms with van der Waals surface area (Å²) >= 11 is 0. The van der Waals surface area contributed by atoms with Crippen molar-refractivity contribution >= 4 is 11.9 Å². The van der Waals surface area contributed by atoms with Crippen LogP contribution < -0.4 is 0 Å². The van der Waals surface area contributed by atoms with E-state index in [2.05, 4.69) is 13.8 Å². The van der Waals surface area contributed by atoms with Crippen molar-refractivity contribution in [3.05, 3.63) is 0 Å². The fourth-order valence-corrected chi connectivity index (χ4v) is 4.26. The Balaban J connectivity index is 3.36. The quantitative estimate of drug-likeness (QED) is 0.0908. The van der Waals surface area contributed by atoms with Gasteiger partial charge in [0.1, 0.15) is 19.3 Å². The number of hydrogen-bond donors (Lipinski definition) is 1. The second-order valence-electron chi connectivity index (χ2n) is 10.2. The molecule has 0 saturated heterocycles. The lowest BCUT2D eigenvalue weighted by Crippen LogP contribution is -2.25. The normalized spacial score (nSPS) is 12.0. The minimum atomic E-state index is -0.950. The highest BCUT2D eigenvalue weighted by Gasteiger charge is 2.12. The van der Waals surface area contributed by atoms with Gasteiger partial charge in [0.25, 0.3) is 0 Å². The zero-order chi connectivity index (χ0) is 25.8. The number of ether oxygens (including phenoxy) is 2. The Kier molecular flexibility index (Phi) is 26.6. The van der Waals surface area contributed by atoms with E-state index in [9.17, 15) is 14.7 Å². The summed E-state index contributed by atoms with van der Waals surface area (Å²) < 4.78 is 10.2. The van der Waals surface area contributed by atoms with Gasteiger partial charge in [-0.05, 0) is 12.8 Å². The molecule has 5 heteroatoms. The van der Waals surface area contributed by atoms with Crippen molar-refractivity contribution < 1.29 is 24.2 Å². The van der Waals surface area contributed by atoms with E-state index in [4.69, 9.17) is 9.47 Å². The SMILES string of the molecule is CCCCCCCCCCCCCCCCCCC(=O)OC[C@H](O)COC(=O)CCCCCCC. The van der Waals surface area contributed by atoms with Crippen LogP contribution in [-0.4, -0.2) is 36.4 Å². The van der Waals surface area contributed by atoms with Crippen molar-refractivity contribution in [2.45, 2.75) is 168 Å². The monoisotopic (exact) mass is 498 g/mol. The lowest BCUT2D eigenvalue weighted by molar-refractivity contribution is -0.152. The first-order valence-electron chi connectivity index (χ1n) is 15.1. The van der Waals surface area contributed by atoms with Gasteiger partial charge in [-0.25, -0.2) is 0 Å². The number of aliphatic hydroxyl groups is 1. The molecule has 0 unspecified atom stereocenters. The van der Waals surface area contributed by atoms with Crippen molar-refractivity contribution in [3.63, 3.8) is 0 Å². The van der Waals surface area contributed by atoms with Gasteiger partial charge in [-0.2, -0.15) is 0 Å². The summed E-state index contributed by atoms with van der Waals surface area (Å²) in [5.74, 6) is -0.572. The van der Waals surface area contributed by atoms with E-state index in [1.807, 2.05) is 0 Å². The molecule has 0 rings (SSSR count). The molecule has 1 atom stereocenters. The van der Waals surface area contributed by atoms with Crippen LogP contribution in [0.25, 0.3) is 0 Å². The van der Waals surface area contributed by atoms with Crippen LogP contribution in [0.15, 0.2) is 0 Å². The third-order valence-corrected chi connectivity index (χ3v) is 6.59. The highest BCUT2D eigenvalue weighted by atomic mass is 16.6. The molecule has 1 N–H and O–H groups in total. The predicted octanol–water partition coefficient (Wildman–Crippen LogP) is 8.45. The minimum Gasteiger partial charge on any atom is -0.463 e. The number of carbonyl (C=O) groups excluding carboxylic acids is 2. The Bertz CT molecular complexity index is 466. The molecule has 0 aliphatic heterocycles. The first-order valence-corrected chi connectivity index (χ1v) is 15.1. The Hall–Kier alpha value is -1.10. The molecule has 0 amide bonds. The van der Waals surface area contributed by atoms with E-state index in [-0.39, 0.29) is 25.2 Å². The summed E-state index contributed by atoms with van der Waals surface area (Å²) in [5, 5.41) is 9.85. The molecule has 0 aromatic heterocycles. The van der Waals surface area contributed by atoms with Gasteiger partial charge in [0.15, 0.2) is 0 Å². The maximum Gasteiger partial charge on any atom is 0.305 e. The van der Waals surface area contributed by atoms with Crippen LogP contribution >= 0.6 is 0 Å². The molecule has 0 aromatic rings. The number of rotatable bonds is 27. The Morgan fingerprint density at radius 2 is 0.743 bits per heavy atom. The largest absolute Gasteiger partial charge is 0.463 e. The zero-order valence-corrected chi connectivity index (χ0v) is 23.3. The average molecular weight is 499 g/mol. The molecule has 0 aliphatic carbocycles. The number of hydrogen-bond acceptors (Lipinski definition) is 5. The summed E-state index contributed by atoms with van der Waals surface area (Å²) in [6.07, 6.45) is 26.1. The van der Waals surface area contributed by atoms with Gasteiger partial charge in [-0.15, -0.1) is 0 Å². The van der Waals surface area contributed by atoms with Gasteiger partial charge in [-0.3, -0.25) is 9.59 Å². The van der Waals surface area contributed by atoms with Gasteiger partial charge in [0, 0.05) is 12.8 Å². The zero-order valence-electron chi connectivity index (χ0n) is 23.3. The summed E-state index contributed by atoms with van der Waals surface area (Å²) in [4.78, 5) is 23.5. The summed E-state index contributed by atoms with van der Waals surface area (Å²) in [7, 11) is 0. The van der Waals surface area contributed by atoms with Gasteiger partial charge in [-0.1, -0.05) is 136 Å². The van der Waals surface area contributed by atoms with Crippen LogP contribution in [0, 0.1) is 0 Å². The molecule has 0 fully saturated rings. The van der Waals surface area contributed by atoms with E-state index < -0.39 is 6.10 Å². The fourth-order valence-electron chi connectivity index (χ4n) is 4.26. The minimum absolute atomic E-state index is 0.110. The first kappa shape index (κ1) is 33.9. The second-order valence-corrected chi connectivity index (χ2v) is 10.2. The molecule has 35 heavy (non-hydrogen) atoms. The van der Waals surface area contributed by atoms with Gasteiger partial charge < -0.3 is 14.6 Å². The number of carbonyl (C=O) groups is 2. The molecule has 0 aromatic carbocycles. The van der Waals surface area contributed by atoms with Crippen molar-refractivity contribution in [2.75, 3.05) is 13.2 Å². The van der Waals surface area contributed by atoms with Gasteiger partial charge in [0.2, 0.25) is 0 Å². The summed E-state index contributed by atoms with van der Waals surface area (Å²) in [5.41, 5.74) is 0. The van der Waals surface area contributed by atoms with Crippen LogP contribution in [-0.2, 0) is 19.1 Å². The molecule has 0 radical (unpaired) electrons. The fraction of sp³-hybridized carbons (Fsp3) is 0.933. The highest BCUT2D eigenvalue weighted by Crippen LogP contribution is 2.14. The lowest BCUT2D eigenvalue weighted by Gasteiger charge is -2.12. The van der Waals surface area contributed by atoms with Crippen LogP contribution in [0.4, 0.5) is 0 Å². The average Bonchev–Trinajstić information content (AvgIpc) is 2.85. The highest BCUT2D eigenvalue weighted by molar-refractivity contribution is 5.69. The standard InChI is InChI=1S/C30H58O5/c1-3-5-7-9-10-11-12-13-14-15-16-17-18-19-21-23-25-30(33)35-27-28(31)26-34-29(32)24-22-20-8-6-4-2/h28,31H,3-27H2,1-2H3/t28-/m1/s1. The number of aliphatic hydroxyl groups excluding tert-OH is 1. The van der Waals surface area contributed by atoms with Crippen molar-refractivity contribution in [1.82, 2.24) is 0 Å². The Morgan fingerprint density at radius 1 is 0.486 bits per heavy atom. The predicted molar refractivity (Wildman–Crippen MR) is 145 cm³/mol. The molecule has 0 bridgehead atoms. The molecule has 0 spiro atoms. The van der Waals surface area contributed by atoms with Crippen LogP contribution in [0.2, 0.25) is 0 Å². The van der Waals surface area contributed by atoms with Gasteiger partial charge in [0.05, 0.1) is 0 Å².